The predicted molar refractivity (Wildman–Crippen MR) is 198 cm³/mol. The Hall–Kier alpha value is -4.24. The molecule has 0 fully saturated rings. The molecule has 3 nitrogen and oxygen atoms in total. The molecule has 0 spiro atoms. The molecule has 47 heavy (non-hydrogen) atoms. The Kier molecular flexibility index (Phi) is 7.86. The van der Waals surface area contributed by atoms with Gasteiger partial charge in [0, 0.05) is 61.8 Å². The van der Waals surface area contributed by atoms with E-state index in [0.29, 0.717) is 0 Å². The van der Waals surface area contributed by atoms with Gasteiger partial charge in [-0.3, -0.25) is 0 Å². The summed E-state index contributed by atoms with van der Waals surface area (Å²) in [7, 11) is 4.24. The minimum absolute atomic E-state index is 0.108. The molecule has 0 radical (unpaired) electrons. The highest BCUT2D eigenvalue weighted by Crippen LogP contribution is 2.52. The Morgan fingerprint density at radius 3 is 2.34 bits per heavy atom. The maximum atomic E-state index is 2.66. The van der Waals surface area contributed by atoms with E-state index in [2.05, 4.69) is 161 Å². The fourth-order valence-corrected chi connectivity index (χ4v) is 8.45. The summed E-state index contributed by atoms with van der Waals surface area (Å²) in [6.07, 6.45) is 13.0. The van der Waals surface area contributed by atoms with E-state index in [1.807, 2.05) is 0 Å². The molecule has 0 saturated carbocycles. The zero-order valence-corrected chi connectivity index (χ0v) is 29.7. The quantitative estimate of drug-likeness (QED) is 0.149. The molecule has 0 atom stereocenters. The lowest BCUT2D eigenvalue weighted by Gasteiger charge is -2.35. The van der Waals surface area contributed by atoms with Gasteiger partial charge in [-0.2, -0.15) is 9.13 Å². The van der Waals surface area contributed by atoms with E-state index in [0.717, 1.165) is 25.8 Å². The Morgan fingerprint density at radius 2 is 1.60 bits per heavy atom. The fourth-order valence-electron chi connectivity index (χ4n) is 8.45. The molecule has 0 N–H and O–H groups in total. The number of nitrogens with zero attached hydrogens (tertiary/aromatic N) is 3. The molecule has 0 unspecified atom stereocenters. The number of pyridine rings is 2. The van der Waals surface area contributed by atoms with E-state index in [1.165, 1.54) is 85.2 Å². The first-order valence-electron chi connectivity index (χ1n) is 17.8. The topological polar surface area (TPSA) is 11.0 Å². The zero-order valence-electron chi connectivity index (χ0n) is 29.7. The van der Waals surface area contributed by atoms with Crippen LogP contribution in [0.15, 0.2) is 91.3 Å². The van der Waals surface area contributed by atoms with Crippen LogP contribution in [0, 0.1) is 6.92 Å². The SMILES string of the molecule is CCCCc1cc2c3c4[n+](ccc3c1)C(CC)(CC)C=C(C[n+]1ccccc1-c1cc(N(C)C)ccc1C)c1cccc(c1-4)C2(C)C. The lowest BCUT2D eigenvalue weighted by atomic mass is 9.68. The van der Waals surface area contributed by atoms with Crippen molar-refractivity contribution in [2.45, 2.75) is 91.1 Å². The molecule has 240 valence electrons. The third-order valence-electron chi connectivity index (χ3n) is 11.4. The maximum Gasteiger partial charge on any atom is 0.222 e. The third kappa shape index (κ3) is 4.93. The Morgan fingerprint density at radius 1 is 0.787 bits per heavy atom. The van der Waals surface area contributed by atoms with Crippen molar-refractivity contribution in [2.75, 3.05) is 19.0 Å². The number of aryl methyl sites for hydroxylation is 2. The van der Waals surface area contributed by atoms with E-state index in [9.17, 15) is 0 Å². The van der Waals surface area contributed by atoms with Gasteiger partial charge < -0.3 is 4.90 Å². The van der Waals surface area contributed by atoms with Crippen molar-refractivity contribution in [3.05, 3.63) is 119 Å². The molecule has 7 rings (SSSR count). The van der Waals surface area contributed by atoms with E-state index in [-0.39, 0.29) is 11.0 Å². The summed E-state index contributed by atoms with van der Waals surface area (Å²) >= 11 is 0. The maximum absolute atomic E-state index is 2.66. The summed E-state index contributed by atoms with van der Waals surface area (Å²) in [5.41, 5.74) is 14.8. The van der Waals surface area contributed by atoms with Gasteiger partial charge in [0.2, 0.25) is 11.4 Å². The molecule has 5 aromatic rings. The Balaban J connectivity index is 1.49. The fraction of sp³-hybridized carbons (Fsp3) is 0.364. The molecule has 3 aromatic carbocycles. The van der Waals surface area contributed by atoms with Gasteiger partial charge in [-0.15, -0.1) is 0 Å². The van der Waals surface area contributed by atoms with Crippen LogP contribution in [0.4, 0.5) is 5.69 Å². The van der Waals surface area contributed by atoms with Crippen molar-refractivity contribution in [3.63, 3.8) is 0 Å². The first-order valence-corrected chi connectivity index (χ1v) is 17.8. The number of unbranched alkanes of at least 4 members (excludes halogenated alkanes) is 1. The highest BCUT2D eigenvalue weighted by atomic mass is 15.1. The highest BCUT2D eigenvalue weighted by molar-refractivity contribution is 6.03. The number of hydrogen-bond acceptors (Lipinski definition) is 1. The van der Waals surface area contributed by atoms with Gasteiger partial charge in [0.25, 0.3) is 0 Å². The summed E-state index contributed by atoms with van der Waals surface area (Å²) in [4.78, 5) is 2.19. The van der Waals surface area contributed by atoms with Crippen LogP contribution in [-0.4, -0.2) is 14.1 Å². The molecular weight excluding hydrogens is 571 g/mol. The van der Waals surface area contributed by atoms with Crippen molar-refractivity contribution in [1.82, 2.24) is 0 Å². The minimum atomic E-state index is -0.134. The monoisotopic (exact) mass is 621 g/mol. The molecule has 3 heteroatoms. The summed E-state index contributed by atoms with van der Waals surface area (Å²) in [5.74, 6) is 0. The molecular formula is C44H51N3+2. The van der Waals surface area contributed by atoms with Crippen LogP contribution in [0.25, 0.3) is 38.9 Å². The van der Waals surface area contributed by atoms with Crippen LogP contribution in [0.5, 0.6) is 0 Å². The summed E-state index contributed by atoms with van der Waals surface area (Å²) in [5, 5.41) is 2.83. The van der Waals surface area contributed by atoms with E-state index >= 15 is 0 Å². The van der Waals surface area contributed by atoms with Crippen LogP contribution in [0.3, 0.4) is 0 Å². The zero-order chi connectivity index (χ0) is 33.1. The number of benzene rings is 3. The number of rotatable bonds is 9. The minimum Gasteiger partial charge on any atom is -0.378 e. The molecule has 3 heterocycles. The number of hydrogen-bond donors (Lipinski definition) is 0. The molecule has 0 saturated heterocycles. The summed E-state index contributed by atoms with van der Waals surface area (Å²) in [6, 6.07) is 28.0. The average Bonchev–Trinajstić information content (AvgIpc) is 3.19. The second-order valence-electron chi connectivity index (χ2n) is 14.7. The van der Waals surface area contributed by atoms with Crippen molar-refractivity contribution < 1.29 is 9.13 Å². The summed E-state index contributed by atoms with van der Waals surface area (Å²) < 4.78 is 5.14. The first kappa shape index (κ1) is 31.4. The van der Waals surface area contributed by atoms with Gasteiger partial charge >= 0.3 is 0 Å². The normalized spacial score (nSPS) is 15.4. The number of allylic oxidation sites excluding steroid dienone is 2. The molecule has 0 bridgehead atoms. The van der Waals surface area contributed by atoms with E-state index < -0.39 is 0 Å². The lowest BCUT2D eigenvalue weighted by molar-refractivity contribution is -0.743. The second-order valence-corrected chi connectivity index (χ2v) is 14.7. The summed E-state index contributed by atoms with van der Waals surface area (Å²) in [6.45, 7) is 15.0. The standard InChI is InChI=1S/C44H51N3/c1-9-12-16-31-25-32-22-24-47-42-40(32)38(26-31)43(5,6)37-18-15-17-35(41(37)42)33(28-44(47,10-2)11-3)29-46-23-14-13-19-39(46)36-27-34(45(7)8)21-20-30(36)4/h13-15,17-28H,9-12,16,29H2,1-8H3/q+2. The second kappa shape index (κ2) is 11.8. The molecule has 2 aromatic heterocycles. The molecule has 2 aliphatic rings. The largest absolute Gasteiger partial charge is 0.378 e. The van der Waals surface area contributed by atoms with E-state index in [4.69, 9.17) is 0 Å². The van der Waals surface area contributed by atoms with Crippen LogP contribution in [-0.2, 0) is 23.9 Å². The predicted octanol–water partition coefficient (Wildman–Crippen LogP) is 9.72. The first-order chi connectivity index (χ1) is 22.6. The third-order valence-corrected chi connectivity index (χ3v) is 11.4. The van der Waals surface area contributed by atoms with Crippen LogP contribution in [0.1, 0.15) is 88.1 Å². The Bertz CT molecular complexity index is 2040. The smallest absolute Gasteiger partial charge is 0.222 e. The molecule has 1 aliphatic carbocycles. The van der Waals surface area contributed by atoms with Gasteiger partial charge in [0.1, 0.15) is 0 Å². The van der Waals surface area contributed by atoms with Crippen molar-refractivity contribution in [1.29, 1.82) is 0 Å². The molecule has 1 aliphatic heterocycles. The van der Waals surface area contributed by atoms with Crippen LogP contribution < -0.4 is 14.0 Å². The lowest BCUT2D eigenvalue weighted by Crippen LogP contribution is -2.56. The van der Waals surface area contributed by atoms with E-state index in [1.54, 1.807) is 0 Å². The van der Waals surface area contributed by atoms with Crippen LogP contribution >= 0.6 is 0 Å². The van der Waals surface area contributed by atoms with Crippen molar-refractivity contribution in [2.24, 2.45) is 0 Å². The van der Waals surface area contributed by atoms with Crippen molar-refractivity contribution in [3.8, 4) is 22.5 Å². The van der Waals surface area contributed by atoms with Gasteiger partial charge in [0.05, 0.1) is 16.5 Å². The van der Waals surface area contributed by atoms with Gasteiger partial charge in [-0.25, -0.2) is 0 Å². The van der Waals surface area contributed by atoms with Gasteiger partial charge in [-0.1, -0.05) is 77.4 Å². The molecule has 0 amide bonds. The van der Waals surface area contributed by atoms with Crippen molar-refractivity contribution >= 4 is 22.0 Å². The number of anilines is 1. The van der Waals surface area contributed by atoms with Crippen LogP contribution in [0.2, 0.25) is 0 Å². The average molecular weight is 622 g/mol. The Labute approximate surface area is 282 Å². The van der Waals surface area contributed by atoms with Gasteiger partial charge in [-0.05, 0) is 77.2 Å². The highest BCUT2D eigenvalue weighted by Gasteiger charge is 2.47. The van der Waals surface area contributed by atoms with Gasteiger partial charge in [0.15, 0.2) is 24.5 Å². The number of aromatic nitrogens is 2.